The first-order valence-corrected chi connectivity index (χ1v) is 4.86. The van der Waals surface area contributed by atoms with E-state index in [2.05, 4.69) is 15.0 Å². The van der Waals surface area contributed by atoms with Crippen molar-refractivity contribution in [1.82, 2.24) is 5.16 Å². The quantitative estimate of drug-likeness (QED) is 0.784. The van der Waals surface area contributed by atoms with Gasteiger partial charge in [-0.15, -0.1) is 0 Å². The number of methoxy groups -OCH3 is 1. The number of hydrogen-bond acceptors (Lipinski definition) is 5. The molecule has 6 heteroatoms. The third-order valence-electron chi connectivity index (χ3n) is 2.14. The van der Waals surface area contributed by atoms with E-state index in [1.165, 1.54) is 19.4 Å². The fourth-order valence-corrected chi connectivity index (χ4v) is 1.33. The Labute approximate surface area is 97.3 Å². The predicted molar refractivity (Wildman–Crippen MR) is 61.9 cm³/mol. The zero-order chi connectivity index (χ0) is 12.3. The maximum Gasteiger partial charge on any atom is 0.277 e. The molecule has 0 radical (unpaired) electrons. The summed E-state index contributed by atoms with van der Waals surface area (Å²) in [4.78, 5) is 11.7. The van der Waals surface area contributed by atoms with Crippen molar-refractivity contribution in [2.24, 2.45) is 0 Å². The van der Waals surface area contributed by atoms with Crippen molar-refractivity contribution in [3.8, 4) is 5.75 Å². The fourth-order valence-electron chi connectivity index (χ4n) is 1.33. The van der Waals surface area contributed by atoms with Crippen LogP contribution in [0.1, 0.15) is 10.5 Å². The number of ether oxygens (including phenoxy) is 1. The highest BCUT2D eigenvalue weighted by Gasteiger charge is 2.12. The van der Waals surface area contributed by atoms with Crippen LogP contribution in [0.3, 0.4) is 0 Å². The number of carbonyl (C=O) groups excluding carboxylic acids is 1. The van der Waals surface area contributed by atoms with Gasteiger partial charge in [0.25, 0.3) is 5.91 Å². The van der Waals surface area contributed by atoms with Gasteiger partial charge in [-0.05, 0) is 12.1 Å². The summed E-state index contributed by atoms with van der Waals surface area (Å²) in [5.41, 5.74) is 6.89. The second-order valence-electron chi connectivity index (χ2n) is 3.30. The molecule has 88 valence electrons. The van der Waals surface area contributed by atoms with Crippen LogP contribution in [0, 0.1) is 0 Å². The van der Waals surface area contributed by atoms with Gasteiger partial charge in [0, 0.05) is 17.8 Å². The topological polar surface area (TPSA) is 90.4 Å². The molecule has 2 aromatic rings. The van der Waals surface area contributed by atoms with Crippen LogP contribution >= 0.6 is 0 Å². The van der Waals surface area contributed by atoms with Gasteiger partial charge < -0.3 is 20.3 Å². The molecule has 1 aromatic carbocycles. The van der Waals surface area contributed by atoms with Crippen LogP contribution in [-0.2, 0) is 0 Å². The van der Waals surface area contributed by atoms with E-state index in [9.17, 15) is 4.79 Å². The molecule has 0 aliphatic heterocycles. The van der Waals surface area contributed by atoms with E-state index in [0.717, 1.165) is 0 Å². The molecule has 17 heavy (non-hydrogen) atoms. The smallest absolute Gasteiger partial charge is 0.277 e. The largest absolute Gasteiger partial charge is 0.494 e. The van der Waals surface area contributed by atoms with E-state index in [1.807, 2.05) is 0 Å². The summed E-state index contributed by atoms with van der Waals surface area (Å²) in [7, 11) is 1.50. The lowest BCUT2D eigenvalue weighted by molar-refractivity contribution is 0.101. The Balaban J connectivity index is 2.21. The van der Waals surface area contributed by atoms with Gasteiger partial charge in [-0.2, -0.15) is 0 Å². The Bertz CT molecular complexity index is 523. The molecule has 0 atom stereocenters. The number of nitrogens with two attached hydrogens (primary N) is 1. The van der Waals surface area contributed by atoms with Crippen molar-refractivity contribution in [2.75, 3.05) is 18.2 Å². The highest BCUT2D eigenvalue weighted by atomic mass is 16.5. The molecule has 0 aliphatic rings. The van der Waals surface area contributed by atoms with E-state index < -0.39 is 0 Å². The number of carbonyl (C=O) groups is 1. The molecule has 1 amide bonds. The minimum Gasteiger partial charge on any atom is -0.494 e. The van der Waals surface area contributed by atoms with Crippen molar-refractivity contribution >= 4 is 17.3 Å². The van der Waals surface area contributed by atoms with Gasteiger partial charge in [0.15, 0.2) is 5.69 Å². The molecule has 0 saturated carbocycles. The highest BCUT2D eigenvalue weighted by molar-refractivity contribution is 6.03. The van der Waals surface area contributed by atoms with Gasteiger partial charge in [-0.1, -0.05) is 5.16 Å². The first kappa shape index (κ1) is 11.0. The molecule has 0 fully saturated rings. The summed E-state index contributed by atoms with van der Waals surface area (Å²) >= 11 is 0. The Morgan fingerprint density at radius 1 is 1.47 bits per heavy atom. The normalized spacial score (nSPS) is 9.94. The average Bonchev–Trinajstić information content (AvgIpc) is 2.85. The summed E-state index contributed by atoms with van der Waals surface area (Å²) in [6, 6.07) is 6.42. The number of rotatable bonds is 3. The minimum absolute atomic E-state index is 0.198. The molecule has 2 rings (SSSR count). The zero-order valence-electron chi connectivity index (χ0n) is 9.14. The molecule has 0 bridgehead atoms. The summed E-state index contributed by atoms with van der Waals surface area (Å²) in [5, 5.41) is 6.18. The number of nitrogens with one attached hydrogen (secondary N) is 1. The monoisotopic (exact) mass is 233 g/mol. The first-order valence-electron chi connectivity index (χ1n) is 4.86. The summed E-state index contributed by atoms with van der Waals surface area (Å²) in [5.74, 6) is 0.115. The number of benzene rings is 1. The number of aromatic nitrogens is 1. The lowest BCUT2D eigenvalue weighted by atomic mass is 10.2. The number of nitrogens with zero attached hydrogens (tertiary/aromatic N) is 1. The van der Waals surface area contributed by atoms with Gasteiger partial charge >= 0.3 is 0 Å². The molecule has 3 N–H and O–H groups in total. The minimum atomic E-state index is -0.373. The van der Waals surface area contributed by atoms with Crippen LogP contribution in [0.2, 0.25) is 0 Å². The van der Waals surface area contributed by atoms with Crippen molar-refractivity contribution in [3.63, 3.8) is 0 Å². The molecule has 1 aromatic heterocycles. The van der Waals surface area contributed by atoms with Gasteiger partial charge in [-0.25, -0.2) is 0 Å². The van der Waals surface area contributed by atoms with Crippen molar-refractivity contribution in [3.05, 3.63) is 36.2 Å². The zero-order valence-corrected chi connectivity index (χ0v) is 9.14. The van der Waals surface area contributed by atoms with E-state index >= 15 is 0 Å². The Hall–Kier alpha value is -2.50. The van der Waals surface area contributed by atoms with E-state index in [0.29, 0.717) is 17.1 Å². The maximum absolute atomic E-state index is 11.7. The van der Waals surface area contributed by atoms with Crippen LogP contribution in [0.4, 0.5) is 11.4 Å². The molecule has 0 aliphatic carbocycles. The maximum atomic E-state index is 11.7. The van der Waals surface area contributed by atoms with Crippen LogP contribution < -0.4 is 15.8 Å². The third kappa shape index (κ3) is 2.36. The number of hydrogen-bond donors (Lipinski definition) is 2. The molecule has 0 saturated heterocycles. The number of anilines is 2. The van der Waals surface area contributed by atoms with Crippen LogP contribution in [0.25, 0.3) is 0 Å². The van der Waals surface area contributed by atoms with Crippen molar-refractivity contribution in [1.29, 1.82) is 0 Å². The lowest BCUT2D eigenvalue weighted by Crippen LogP contribution is -2.13. The standard InChI is InChI=1S/C11H11N3O3/c1-16-10-6-7(12)2-3-8(10)13-11(15)9-4-5-17-14-9/h2-6H,12H2,1H3,(H,13,15). The van der Waals surface area contributed by atoms with Gasteiger partial charge in [0.2, 0.25) is 0 Å². The van der Waals surface area contributed by atoms with E-state index in [1.54, 1.807) is 18.2 Å². The summed E-state index contributed by atoms with van der Waals surface area (Å²) in [6.07, 6.45) is 1.33. The molecule has 6 nitrogen and oxygen atoms in total. The number of amides is 1. The SMILES string of the molecule is COc1cc(N)ccc1NC(=O)c1ccon1. The Morgan fingerprint density at radius 3 is 2.94 bits per heavy atom. The lowest BCUT2D eigenvalue weighted by Gasteiger charge is -2.09. The van der Waals surface area contributed by atoms with Crippen molar-refractivity contribution < 1.29 is 14.1 Å². The van der Waals surface area contributed by atoms with Crippen LogP contribution in [-0.4, -0.2) is 18.2 Å². The second-order valence-corrected chi connectivity index (χ2v) is 3.30. The van der Waals surface area contributed by atoms with Gasteiger partial charge in [0.1, 0.15) is 12.0 Å². The molecule has 1 heterocycles. The molecule has 0 spiro atoms. The van der Waals surface area contributed by atoms with E-state index in [4.69, 9.17) is 10.5 Å². The average molecular weight is 233 g/mol. The first-order chi connectivity index (χ1) is 8.20. The van der Waals surface area contributed by atoms with Gasteiger partial charge in [-0.3, -0.25) is 4.79 Å². The predicted octanol–water partition coefficient (Wildman–Crippen LogP) is 1.52. The Kier molecular flexibility index (Phi) is 2.95. The third-order valence-corrected chi connectivity index (χ3v) is 2.14. The summed E-state index contributed by atoms with van der Waals surface area (Å²) in [6.45, 7) is 0. The van der Waals surface area contributed by atoms with Crippen LogP contribution in [0.15, 0.2) is 35.1 Å². The Morgan fingerprint density at radius 2 is 2.29 bits per heavy atom. The molecular formula is C11H11N3O3. The molecule has 0 unspecified atom stereocenters. The van der Waals surface area contributed by atoms with Crippen molar-refractivity contribution in [2.45, 2.75) is 0 Å². The molecular weight excluding hydrogens is 222 g/mol. The summed E-state index contributed by atoms with van der Waals surface area (Å²) < 4.78 is 9.69. The van der Waals surface area contributed by atoms with E-state index in [-0.39, 0.29) is 11.6 Å². The second kappa shape index (κ2) is 4.56. The fraction of sp³-hybridized carbons (Fsp3) is 0.0909. The van der Waals surface area contributed by atoms with Crippen LogP contribution in [0.5, 0.6) is 5.75 Å². The highest BCUT2D eigenvalue weighted by Crippen LogP contribution is 2.26. The van der Waals surface area contributed by atoms with Gasteiger partial charge in [0.05, 0.1) is 12.8 Å². The number of nitrogen functional groups attached to an aromatic ring is 1.